The van der Waals surface area contributed by atoms with E-state index >= 15 is 0 Å². The summed E-state index contributed by atoms with van der Waals surface area (Å²) in [7, 11) is 0. The van der Waals surface area contributed by atoms with Crippen LogP contribution in [0.4, 0.5) is 17.6 Å². The third kappa shape index (κ3) is 4.04. The molecule has 0 saturated heterocycles. The molecule has 0 bridgehead atoms. The molecular formula is C20H18F4N2O3. The lowest BCUT2D eigenvalue weighted by Gasteiger charge is -2.22. The number of Topliss-reactive ketones (excluding diaryl/α,β-unsaturated/α-hetero) is 3. The number of hydrogen-bond donors (Lipinski definition) is 0. The van der Waals surface area contributed by atoms with Crippen molar-refractivity contribution in [2.75, 3.05) is 0 Å². The van der Waals surface area contributed by atoms with Crippen molar-refractivity contribution in [3.05, 3.63) is 34.4 Å². The van der Waals surface area contributed by atoms with E-state index in [2.05, 4.69) is 9.97 Å². The van der Waals surface area contributed by atoms with Gasteiger partial charge in [0.2, 0.25) is 0 Å². The average molecular weight is 410 g/mol. The molecule has 0 aliphatic heterocycles. The number of carbonyl (C=O) groups is 3. The average Bonchev–Trinajstić information content (AvgIpc) is 2.60. The summed E-state index contributed by atoms with van der Waals surface area (Å²) in [4.78, 5) is 45.4. The first-order chi connectivity index (χ1) is 13.5. The summed E-state index contributed by atoms with van der Waals surface area (Å²) in [6.07, 6.45) is -5.81. The summed E-state index contributed by atoms with van der Waals surface area (Å²) in [5, 5.41) is 0.0978. The van der Waals surface area contributed by atoms with Crippen molar-refractivity contribution in [2.24, 2.45) is 5.92 Å². The van der Waals surface area contributed by atoms with Gasteiger partial charge < -0.3 is 0 Å². The highest BCUT2D eigenvalue weighted by Gasteiger charge is 2.40. The monoisotopic (exact) mass is 410 g/mol. The summed E-state index contributed by atoms with van der Waals surface area (Å²) in [5.74, 6) is -4.55. The van der Waals surface area contributed by atoms with Crippen molar-refractivity contribution < 1.29 is 31.9 Å². The van der Waals surface area contributed by atoms with E-state index in [1.54, 1.807) is 6.92 Å². The second-order valence-electron chi connectivity index (χ2n) is 7.07. The Balaban J connectivity index is 2.31. The molecule has 2 aromatic heterocycles. The van der Waals surface area contributed by atoms with Crippen LogP contribution < -0.4 is 0 Å². The van der Waals surface area contributed by atoms with Gasteiger partial charge in [0.25, 0.3) is 0 Å². The van der Waals surface area contributed by atoms with E-state index in [-0.39, 0.29) is 41.6 Å². The first-order valence-corrected chi connectivity index (χ1v) is 9.18. The maximum Gasteiger partial charge on any atom is 0.394 e. The third-order valence-corrected chi connectivity index (χ3v) is 5.01. The Morgan fingerprint density at radius 2 is 1.79 bits per heavy atom. The second-order valence-corrected chi connectivity index (χ2v) is 7.07. The smallest absolute Gasteiger partial charge is 0.298 e. The number of fused-ring (bicyclic) bond motifs is 1. The Labute approximate surface area is 163 Å². The molecule has 2 aromatic rings. The topological polar surface area (TPSA) is 77.0 Å². The summed E-state index contributed by atoms with van der Waals surface area (Å²) in [6.45, 7) is 2.94. The minimum atomic E-state index is -4.68. The zero-order chi connectivity index (χ0) is 21.5. The predicted octanol–water partition coefficient (Wildman–Crippen LogP) is 3.87. The lowest BCUT2D eigenvalue weighted by Crippen LogP contribution is -2.36. The Hall–Kier alpha value is -2.71. The molecule has 1 aliphatic rings. The van der Waals surface area contributed by atoms with E-state index in [1.807, 2.05) is 0 Å². The van der Waals surface area contributed by atoms with Gasteiger partial charge in [-0.05, 0) is 31.4 Å². The van der Waals surface area contributed by atoms with E-state index in [1.165, 1.54) is 6.92 Å². The Morgan fingerprint density at radius 3 is 2.34 bits per heavy atom. The first kappa shape index (κ1) is 21.0. The molecule has 154 valence electrons. The summed E-state index contributed by atoms with van der Waals surface area (Å²) in [6, 6.07) is 1.07. The molecule has 0 unspecified atom stereocenters. The zero-order valence-electron chi connectivity index (χ0n) is 15.8. The third-order valence-electron chi connectivity index (χ3n) is 5.01. The van der Waals surface area contributed by atoms with Crippen LogP contribution in [0.2, 0.25) is 0 Å². The van der Waals surface area contributed by atoms with Crippen LogP contribution in [0.1, 0.15) is 53.5 Å². The molecule has 0 N–H and O–H groups in total. The molecule has 1 saturated carbocycles. The van der Waals surface area contributed by atoms with Gasteiger partial charge >= 0.3 is 6.18 Å². The molecule has 0 spiro atoms. The van der Waals surface area contributed by atoms with Crippen molar-refractivity contribution in [1.29, 1.82) is 0 Å². The van der Waals surface area contributed by atoms with Crippen LogP contribution in [-0.2, 0) is 22.4 Å². The zero-order valence-corrected chi connectivity index (χ0v) is 15.8. The Morgan fingerprint density at radius 1 is 1.17 bits per heavy atom. The van der Waals surface area contributed by atoms with Gasteiger partial charge in [-0.3, -0.25) is 14.4 Å². The second kappa shape index (κ2) is 7.61. The van der Waals surface area contributed by atoms with Gasteiger partial charge in [-0.25, -0.2) is 14.4 Å². The molecule has 0 aromatic carbocycles. The lowest BCUT2D eigenvalue weighted by atomic mass is 9.79. The summed E-state index contributed by atoms with van der Waals surface area (Å²) >= 11 is 0. The molecule has 0 amide bonds. The molecule has 2 heterocycles. The SMILES string of the molecule is CCc1c(C(=O)C2C(=O)CCCC2=O)c(CC(F)(F)F)nc2nc(C)c(F)cc12. The van der Waals surface area contributed by atoms with Crippen LogP contribution in [0.3, 0.4) is 0 Å². The number of rotatable bonds is 4. The van der Waals surface area contributed by atoms with Crippen molar-refractivity contribution in [1.82, 2.24) is 9.97 Å². The van der Waals surface area contributed by atoms with Crippen LogP contribution in [0, 0.1) is 18.7 Å². The summed E-state index contributed by atoms with van der Waals surface area (Å²) in [5.41, 5.74) is -1.07. The standard InChI is InChI=1S/C20H18F4N2O3/c1-3-10-11-7-12(21)9(2)25-19(11)26-13(8-20(22,23)24)16(10)18(29)17-14(27)5-4-6-15(17)28/h7,17H,3-6,8H2,1-2H3. The van der Waals surface area contributed by atoms with Crippen LogP contribution in [0.15, 0.2) is 6.07 Å². The lowest BCUT2D eigenvalue weighted by molar-refractivity contribution is -0.133. The largest absolute Gasteiger partial charge is 0.394 e. The van der Waals surface area contributed by atoms with Crippen molar-refractivity contribution in [3.63, 3.8) is 0 Å². The molecule has 1 fully saturated rings. The van der Waals surface area contributed by atoms with Crippen molar-refractivity contribution >= 4 is 28.4 Å². The molecule has 3 rings (SSSR count). The fraction of sp³-hybridized carbons (Fsp3) is 0.450. The normalized spacial score (nSPS) is 15.9. The molecule has 0 radical (unpaired) electrons. The number of nitrogens with zero attached hydrogens (tertiary/aromatic N) is 2. The van der Waals surface area contributed by atoms with Crippen molar-refractivity contribution in [3.8, 4) is 0 Å². The molecular weight excluding hydrogens is 392 g/mol. The highest BCUT2D eigenvalue weighted by Crippen LogP contribution is 2.32. The summed E-state index contributed by atoms with van der Waals surface area (Å²) < 4.78 is 53.7. The predicted molar refractivity (Wildman–Crippen MR) is 95.1 cm³/mol. The fourth-order valence-electron chi connectivity index (χ4n) is 3.69. The first-order valence-electron chi connectivity index (χ1n) is 9.18. The van der Waals surface area contributed by atoms with Gasteiger partial charge in [-0.1, -0.05) is 6.92 Å². The van der Waals surface area contributed by atoms with Gasteiger partial charge in [0.15, 0.2) is 23.0 Å². The highest BCUT2D eigenvalue weighted by molar-refractivity contribution is 6.26. The fourth-order valence-corrected chi connectivity index (χ4v) is 3.69. The molecule has 1 aliphatic carbocycles. The quantitative estimate of drug-likeness (QED) is 0.435. The molecule has 5 nitrogen and oxygen atoms in total. The van der Waals surface area contributed by atoms with Crippen molar-refractivity contribution in [2.45, 2.75) is 52.1 Å². The number of hydrogen-bond acceptors (Lipinski definition) is 5. The van der Waals surface area contributed by atoms with Gasteiger partial charge in [-0.2, -0.15) is 13.2 Å². The van der Waals surface area contributed by atoms with Crippen LogP contribution in [0.5, 0.6) is 0 Å². The minimum absolute atomic E-state index is 0.00853. The number of aromatic nitrogens is 2. The minimum Gasteiger partial charge on any atom is -0.298 e. The molecule has 0 atom stereocenters. The van der Waals surface area contributed by atoms with Crippen LogP contribution in [-0.4, -0.2) is 33.5 Å². The van der Waals surface area contributed by atoms with Crippen LogP contribution in [0.25, 0.3) is 11.0 Å². The number of halogens is 4. The molecule has 29 heavy (non-hydrogen) atoms. The number of carbonyl (C=O) groups excluding carboxylic acids is 3. The van der Waals surface area contributed by atoms with Gasteiger partial charge in [0, 0.05) is 23.8 Å². The van der Waals surface area contributed by atoms with Gasteiger partial charge in [-0.15, -0.1) is 0 Å². The van der Waals surface area contributed by atoms with E-state index in [0.29, 0.717) is 6.42 Å². The Bertz CT molecular complexity index is 1010. The number of aryl methyl sites for hydroxylation is 2. The van der Waals surface area contributed by atoms with E-state index < -0.39 is 52.9 Å². The molecule has 9 heteroatoms. The number of ketones is 3. The van der Waals surface area contributed by atoms with Crippen LogP contribution >= 0.6 is 0 Å². The van der Waals surface area contributed by atoms with E-state index in [4.69, 9.17) is 0 Å². The highest BCUT2D eigenvalue weighted by atomic mass is 19.4. The number of pyridine rings is 2. The van der Waals surface area contributed by atoms with E-state index in [0.717, 1.165) is 6.07 Å². The number of alkyl halides is 3. The maximum absolute atomic E-state index is 14.1. The van der Waals surface area contributed by atoms with Gasteiger partial charge in [0.05, 0.1) is 17.8 Å². The Kier molecular flexibility index (Phi) is 5.51. The van der Waals surface area contributed by atoms with Gasteiger partial charge in [0.1, 0.15) is 11.7 Å². The van der Waals surface area contributed by atoms with E-state index in [9.17, 15) is 31.9 Å². The maximum atomic E-state index is 14.1.